The van der Waals surface area contributed by atoms with Crippen LogP contribution in [-0.4, -0.2) is 54.8 Å². The number of rotatable bonds is 2. The first-order valence-electron chi connectivity index (χ1n) is 4.87. The van der Waals surface area contributed by atoms with Crippen molar-refractivity contribution in [2.45, 2.75) is 24.5 Å². The van der Waals surface area contributed by atoms with Crippen LogP contribution in [0, 0.1) is 0 Å². The standard InChI is InChI=1S/C8H12N4O5/c9-7-10-2-12(8(16)11-7)6-5(15)4(14)3(1-13)17-6/h2-6,13-15H,1H2,(H2,9,11,16)/t3?,4?,5-,6?/m0/s1. The Bertz CT molecular complexity index is 463. The number of ether oxygens (including phenoxy) is 1. The summed E-state index contributed by atoms with van der Waals surface area (Å²) >= 11 is 0. The number of nitrogens with two attached hydrogens (primary N) is 1. The molecule has 1 aromatic heterocycles. The maximum absolute atomic E-state index is 11.5. The summed E-state index contributed by atoms with van der Waals surface area (Å²) in [5, 5.41) is 28.1. The minimum Gasteiger partial charge on any atom is -0.394 e. The van der Waals surface area contributed by atoms with Gasteiger partial charge in [0.05, 0.1) is 6.61 Å². The van der Waals surface area contributed by atoms with E-state index in [0.29, 0.717) is 0 Å². The van der Waals surface area contributed by atoms with Gasteiger partial charge in [0, 0.05) is 0 Å². The van der Waals surface area contributed by atoms with Crippen molar-refractivity contribution < 1.29 is 20.1 Å². The van der Waals surface area contributed by atoms with Crippen LogP contribution < -0.4 is 11.4 Å². The van der Waals surface area contributed by atoms with Gasteiger partial charge < -0.3 is 25.8 Å². The van der Waals surface area contributed by atoms with Gasteiger partial charge in [-0.05, 0) is 0 Å². The van der Waals surface area contributed by atoms with E-state index < -0.39 is 36.8 Å². The predicted octanol–water partition coefficient (Wildman–Crippen LogP) is -3.17. The lowest BCUT2D eigenvalue weighted by molar-refractivity contribution is -0.0554. The Morgan fingerprint density at radius 3 is 2.71 bits per heavy atom. The van der Waals surface area contributed by atoms with Crippen molar-refractivity contribution in [2.75, 3.05) is 12.3 Å². The summed E-state index contributed by atoms with van der Waals surface area (Å²) < 4.78 is 6.04. The van der Waals surface area contributed by atoms with Crippen LogP contribution in [0.3, 0.4) is 0 Å². The minimum absolute atomic E-state index is 0.196. The molecule has 1 aliphatic rings. The molecule has 9 nitrogen and oxygen atoms in total. The molecule has 2 rings (SSSR count). The SMILES string of the molecule is Nc1ncn(C2OC(CO)C(O)[C@@H]2O)c(=O)n1. The third-order valence-corrected chi connectivity index (χ3v) is 2.54. The first-order valence-corrected chi connectivity index (χ1v) is 4.87. The fourth-order valence-corrected chi connectivity index (χ4v) is 1.64. The van der Waals surface area contributed by atoms with Gasteiger partial charge >= 0.3 is 5.69 Å². The summed E-state index contributed by atoms with van der Waals surface area (Å²) in [4.78, 5) is 18.4. The second-order valence-corrected chi connectivity index (χ2v) is 3.63. The van der Waals surface area contributed by atoms with E-state index in [4.69, 9.17) is 15.6 Å². The zero-order valence-electron chi connectivity index (χ0n) is 8.67. The molecule has 4 atom stereocenters. The topological polar surface area (TPSA) is 144 Å². The van der Waals surface area contributed by atoms with Crippen LogP contribution in [0.15, 0.2) is 11.1 Å². The number of aliphatic hydroxyl groups excluding tert-OH is 3. The third kappa shape index (κ3) is 2.00. The van der Waals surface area contributed by atoms with Gasteiger partial charge in [0.15, 0.2) is 6.23 Å². The van der Waals surface area contributed by atoms with Crippen molar-refractivity contribution in [1.29, 1.82) is 0 Å². The van der Waals surface area contributed by atoms with Gasteiger partial charge in [-0.15, -0.1) is 0 Å². The Hall–Kier alpha value is -1.55. The zero-order valence-corrected chi connectivity index (χ0v) is 8.67. The monoisotopic (exact) mass is 244 g/mol. The summed E-state index contributed by atoms with van der Waals surface area (Å²) in [6.07, 6.45) is -3.67. The summed E-state index contributed by atoms with van der Waals surface area (Å²) in [7, 11) is 0. The Morgan fingerprint density at radius 1 is 1.47 bits per heavy atom. The highest BCUT2D eigenvalue weighted by atomic mass is 16.6. The highest BCUT2D eigenvalue weighted by Gasteiger charge is 2.43. The summed E-state index contributed by atoms with van der Waals surface area (Å²) in [6, 6.07) is 0. The Balaban J connectivity index is 2.32. The maximum atomic E-state index is 11.5. The fraction of sp³-hybridized carbons (Fsp3) is 0.625. The van der Waals surface area contributed by atoms with Gasteiger partial charge in [0.2, 0.25) is 5.95 Å². The van der Waals surface area contributed by atoms with Crippen LogP contribution >= 0.6 is 0 Å². The summed E-state index contributed by atoms with van der Waals surface area (Å²) in [5.41, 5.74) is 4.46. The molecule has 0 bridgehead atoms. The lowest BCUT2D eigenvalue weighted by Crippen LogP contribution is -2.36. The van der Waals surface area contributed by atoms with Crippen LogP contribution in [0.25, 0.3) is 0 Å². The quantitative estimate of drug-likeness (QED) is 0.426. The Kier molecular flexibility index (Phi) is 3.07. The number of nitrogen functional groups attached to an aromatic ring is 1. The van der Waals surface area contributed by atoms with Crippen LogP contribution in [0.5, 0.6) is 0 Å². The van der Waals surface area contributed by atoms with Gasteiger partial charge in [-0.1, -0.05) is 0 Å². The van der Waals surface area contributed by atoms with Gasteiger partial charge in [-0.3, -0.25) is 4.57 Å². The number of hydrogen-bond acceptors (Lipinski definition) is 8. The molecular weight excluding hydrogens is 232 g/mol. The molecule has 1 saturated heterocycles. The van der Waals surface area contributed by atoms with Gasteiger partial charge in [0.25, 0.3) is 0 Å². The van der Waals surface area contributed by atoms with Crippen LogP contribution in [0.2, 0.25) is 0 Å². The summed E-state index contributed by atoms with van der Waals surface area (Å²) in [5.74, 6) is -0.196. The van der Waals surface area contributed by atoms with E-state index in [0.717, 1.165) is 10.9 Å². The van der Waals surface area contributed by atoms with Crippen LogP contribution in [0.4, 0.5) is 5.95 Å². The molecule has 5 N–H and O–H groups in total. The molecule has 0 aliphatic carbocycles. The second kappa shape index (κ2) is 4.37. The van der Waals surface area contributed by atoms with E-state index in [1.54, 1.807) is 0 Å². The lowest BCUT2D eigenvalue weighted by atomic mass is 10.1. The second-order valence-electron chi connectivity index (χ2n) is 3.63. The lowest BCUT2D eigenvalue weighted by Gasteiger charge is -2.16. The fourth-order valence-electron chi connectivity index (χ4n) is 1.64. The molecule has 0 amide bonds. The molecule has 0 radical (unpaired) electrons. The number of aromatic nitrogens is 3. The van der Waals surface area contributed by atoms with Crippen LogP contribution in [0.1, 0.15) is 6.23 Å². The molecule has 0 saturated carbocycles. The molecule has 1 fully saturated rings. The number of aliphatic hydroxyl groups is 3. The average molecular weight is 244 g/mol. The van der Waals surface area contributed by atoms with E-state index in [2.05, 4.69) is 9.97 Å². The van der Waals surface area contributed by atoms with Crippen molar-refractivity contribution in [3.8, 4) is 0 Å². The van der Waals surface area contributed by atoms with Crippen molar-refractivity contribution in [3.63, 3.8) is 0 Å². The third-order valence-electron chi connectivity index (χ3n) is 2.54. The van der Waals surface area contributed by atoms with E-state index in [1.807, 2.05) is 0 Å². The molecule has 9 heteroatoms. The molecule has 3 unspecified atom stereocenters. The first-order chi connectivity index (χ1) is 8.04. The Morgan fingerprint density at radius 2 is 2.18 bits per heavy atom. The number of nitrogens with zero attached hydrogens (tertiary/aromatic N) is 3. The molecule has 2 heterocycles. The first kappa shape index (κ1) is 11.9. The molecule has 94 valence electrons. The largest absolute Gasteiger partial charge is 0.394 e. The number of hydrogen-bond donors (Lipinski definition) is 4. The maximum Gasteiger partial charge on any atom is 0.354 e. The van der Waals surface area contributed by atoms with Crippen molar-refractivity contribution in [2.24, 2.45) is 0 Å². The molecule has 1 aromatic rings. The van der Waals surface area contributed by atoms with Crippen molar-refractivity contribution >= 4 is 5.95 Å². The highest BCUT2D eigenvalue weighted by molar-refractivity contribution is 5.10. The van der Waals surface area contributed by atoms with Gasteiger partial charge in [-0.25, -0.2) is 9.78 Å². The Labute approximate surface area is 95.1 Å². The zero-order chi connectivity index (χ0) is 12.6. The van der Waals surface area contributed by atoms with Crippen molar-refractivity contribution in [1.82, 2.24) is 14.5 Å². The van der Waals surface area contributed by atoms with E-state index >= 15 is 0 Å². The molecule has 0 spiro atoms. The normalized spacial score (nSPS) is 32.9. The summed E-state index contributed by atoms with van der Waals surface area (Å²) in [6.45, 7) is -0.473. The molecule has 0 aromatic carbocycles. The van der Waals surface area contributed by atoms with E-state index in [1.165, 1.54) is 0 Å². The van der Waals surface area contributed by atoms with E-state index in [9.17, 15) is 15.0 Å². The smallest absolute Gasteiger partial charge is 0.354 e. The molecule has 17 heavy (non-hydrogen) atoms. The van der Waals surface area contributed by atoms with Gasteiger partial charge in [-0.2, -0.15) is 4.98 Å². The van der Waals surface area contributed by atoms with Gasteiger partial charge in [0.1, 0.15) is 24.6 Å². The van der Waals surface area contributed by atoms with E-state index in [-0.39, 0.29) is 5.95 Å². The molecular formula is C8H12N4O5. The predicted molar refractivity (Wildman–Crippen MR) is 53.7 cm³/mol. The highest BCUT2D eigenvalue weighted by Crippen LogP contribution is 2.27. The minimum atomic E-state index is -1.35. The van der Waals surface area contributed by atoms with Crippen LogP contribution in [-0.2, 0) is 4.74 Å². The average Bonchev–Trinajstić information content (AvgIpc) is 2.57. The molecule has 1 aliphatic heterocycles. The number of anilines is 1. The van der Waals surface area contributed by atoms with Crippen molar-refractivity contribution in [3.05, 3.63) is 16.8 Å².